The van der Waals surface area contributed by atoms with Gasteiger partial charge in [-0.1, -0.05) is 0 Å². The molecule has 0 spiro atoms. The van der Waals surface area contributed by atoms with Crippen LogP contribution in [0.3, 0.4) is 0 Å². The van der Waals surface area contributed by atoms with Crippen molar-refractivity contribution in [3.8, 4) is 0 Å². The molecule has 0 atom stereocenters. The smallest absolute Gasteiger partial charge is 0.320 e. The average Bonchev–Trinajstić information content (AvgIpc) is 2.17. The Hall–Kier alpha value is -0.660. The maximum atomic E-state index is 11.5. The number of rotatable bonds is 7. The third-order valence-electron chi connectivity index (χ3n) is 1.81. The van der Waals surface area contributed by atoms with Crippen molar-refractivity contribution in [3.63, 3.8) is 0 Å². The summed E-state index contributed by atoms with van der Waals surface area (Å²) in [5.41, 5.74) is 0. The van der Waals surface area contributed by atoms with Crippen LogP contribution < -0.4 is 0 Å². The van der Waals surface area contributed by atoms with Gasteiger partial charge in [0.05, 0.1) is 12.9 Å². The second-order valence-corrected chi connectivity index (χ2v) is 5.19. The van der Waals surface area contributed by atoms with Gasteiger partial charge in [0.2, 0.25) is 10.0 Å². The predicted molar refractivity (Wildman–Crippen MR) is 54.9 cm³/mol. The molecule has 0 heterocycles. The molecule has 0 N–H and O–H groups in total. The standard InChI is InChI=1S/C8H17NO5S/c1-9(7-8(10)14-3)15(11,12)6-4-5-13-2/h4-7H2,1-3H3. The molecule has 0 saturated heterocycles. The monoisotopic (exact) mass is 239 g/mol. The molecule has 15 heavy (non-hydrogen) atoms. The Balaban J connectivity index is 4.14. The van der Waals surface area contributed by atoms with Crippen molar-refractivity contribution >= 4 is 16.0 Å². The zero-order valence-corrected chi connectivity index (χ0v) is 10.0. The van der Waals surface area contributed by atoms with Gasteiger partial charge >= 0.3 is 5.97 Å². The molecule has 0 aliphatic carbocycles. The third kappa shape index (κ3) is 5.71. The second-order valence-electron chi connectivity index (χ2n) is 2.99. The summed E-state index contributed by atoms with van der Waals surface area (Å²) in [7, 11) is 0.682. The molecule has 0 unspecified atom stereocenters. The van der Waals surface area contributed by atoms with Crippen molar-refractivity contribution in [2.75, 3.05) is 40.2 Å². The van der Waals surface area contributed by atoms with Gasteiger partial charge in [-0.2, -0.15) is 4.31 Å². The van der Waals surface area contributed by atoms with Crippen LogP contribution in [0.4, 0.5) is 0 Å². The Morgan fingerprint density at radius 3 is 2.40 bits per heavy atom. The van der Waals surface area contributed by atoms with Crippen LogP contribution in [0.15, 0.2) is 0 Å². The van der Waals surface area contributed by atoms with Gasteiger partial charge < -0.3 is 9.47 Å². The van der Waals surface area contributed by atoms with Gasteiger partial charge in [0.1, 0.15) is 6.54 Å². The fraction of sp³-hybridized carbons (Fsp3) is 0.875. The number of carbonyl (C=O) groups is 1. The Bertz CT molecular complexity index is 287. The first kappa shape index (κ1) is 14.3. The number of methoxy groups -OCH3 is 2. The Labute approximate surface area is 90.2 Å². The minimum atomic E-state index is -3.39. The van der Waals surface area contributed by atoms with Crippen molar-refractivity contribution in [3.05, 3.63) is 0 Å². The highest BCUT2D eigenvalue weighted by Gasteiger charge is 2.20. The van der Waals surface area contributed by atoms with E-state index in [1.807, 2.05) is 0 Å². The number of carbonyl (C=O) groups excluding carboxylic acids is 1. The number of likely N-dealkylation sites (N-methyl/N-ethyl adjacent to an activating group) is 1. The number of nitrogens with zero attached hydrogens (tertiary/aromatic N) is 1. The summed E-state index contributed by atoms with van der Waals surface area (Å²) >= 11 is 0. The number of hydrogen-bond donors (Lipinski definition) is 0. The number of esters is 1. The van der Waals surface area contributed by atoms with Crippen LogP contribution in [0.1, 0.15) is 6.42 Å². The van der Waals surface area contributed by atoms with E-state index in [2.05, 4.69) is 4.74 Å². The van der Waals surface area contributed by atoms with Crippen LogP contribution in [0.2, 0.25) is 0 Å². The van der Waals surface area contributed by atoms with Gasteiger partial charge in [-0.05, 0) is 6.42 Å². The Morgan fingerprint density at radius 2 is 1.93 bits per heavy atom. The number of sulfonamides is 1. The van der Waals surface area contributed by atoms with Gasteiger partial charge in [0.25, 0.3) is 0 Å². The Morgan fingerprint density at radius 1 is 1.33 bits per heavy atom. The van der Waals surface area contributed by atoms with E-state index >= 15 is 0 Å². The van der Waals surface area contributed by atoms with Crippen LogP contribution in [-0.2, 0) is 24.3 Å². The highest BCUT2D eigenvalue weighted by molar-refractivity contribution is 7.89. The lowest BCUT2D eigenvalue weighted by molar-refractivity contribution is -0.140. The molecule has 0 bridgehead atoms. The molecular formula is C8H17NO5S. The lowest BCUT2D eigenvalue weighted by Gasteiger charge is -2.15. The van der Waals surface area contributed by atoms with Crippen molar-refractivity contribution in [1.82, 2.24) is 4.31 Å². The SMILES string of the molecule is COCCCS(=O)(=O)N(C)CC(=O)OC. The molecule has 0 aromatic carbocycles. The van der Waals surface area contributed by atoms with Crippen LogP contribution >= 0.6 is 0 Å². The van der Waals surface area contributed by atoms with E-state index in [9.17, 15) is 13.2 Å². The molecule has 0 amide bonds. The first-order valence-electron chi connectivity index (χ1n) is 4.43. The predicted octanol–water partition coefficient (Wildman–Crippen LogP) is -0.542. The van der Waals surface area contributed by atoms with Crippen molar-refractivity contribution in [2.45, 2.75) is 6.42 Å². The van der Waals surface area contributed by atoms with Gasteiger partial charge in [0.15, 0.2) is 0 Å². The highest BCUT2D eigenvalue weighted by Crippen LogP contribution is 2.00. The minimum absolute atomic E-state index is 0.0334. The average molecular weight is 239 g/mol. The minimum Gasteiger partial charge on any atom is -0.468 e. The maximum absolute atomic E-state index is 11.5. The maximum Gasteiger partial charge on any atom is 0.320 e. The molecule has 0 fully saturated rings. The largest absolute Gasteiger partial charge is 0.468 e. The molecule has 7 heteroatoms. The molecule has 0 aliphatic rings. The van der Waals surface area contributed by atoms with Crippen molar-refractivity contribution in [2.24, 2.45) is 0 Å². The lowest BCUT2D eigenvalue weighted by Crippen LogP contribution is -2.34. The van der Waals surface area contributed by atoms with Crippen LogP contribution in [0, 0.1) is 0 Å². The zero-order chi connectivity index (χ0) is 11.9. The number of hydrogen-bond acceptors (Lipinski definition) is 5. The Kier molecular flexibility index (Phi) is 6.46. The van der Waals surface area contributed by atoms with Crippen LogP contribution in [0.25, 0.3) is 0 Å². The first-order valence-corrected chi connectivity index (χ1v) is 6.04. The molecule has 0 radical (unpaired) electrons. The van der Waals surface area contributed by atoms with Gasteiger partial charge in [-0.15, -0.1) is 0 Å². The van der Waals surface area contributed by atoms with E-state index < -0.39 is 16.0 Å². The van der Waals surface area contributed by atoms with Gasteiger partial charge in [-0.25, -0.2) is 8.42 Å². The molecule has 0 aromatic heterocycles. The van der Waals surface area contributed by atoms with Gasteiger partial charge in [-0.3, -0.25) is 4.79 Å². The molecule has 0 aromatic rings. The van der Waals surface area contributed by atoms with Crippen LogP contribution in [0.5, 0.6) is 0 Å². The van der Waals surface area contributed by atoms with Crippen LogP contribution in [-0.4, -0.2) is 58.9 Å². The summed E-state index contributed by atoms with van der Waals surface area (Å²) in [5.74, 6) is -0.609. The first-order chi connectivity index (χ1) is 6.94. The molecule has 90 valence electrons. The van der Waals surface area contributed by atoms with E-state index in [0.717, 1.165) is 4.31 Å². The summed E-state index contributed by atoms with van der Waals surface area (Å²) in [4.78, 5) is 10.8. The van der Waals surface area contributed by atoms with E-state index in [0.29, 0.717) is 13.0 Å². The molecule has 6 nitrogen and oxygen atoms in total. The third-order valence-corrected chi connectivity index (χ3v) is 3.69. The fourth-order valence-corrected chi connectivity index (χ4v) is 1.98. The van der Waals surface area contributed by atoms with E-state index in [4.69, 9.17) is 4.74 Å². The number of ether oxygens (including phenoxy) is 2. The summed E-state index contributed by atoms with van der Waals surface area (Å²) in [6.07, 6.45) is 0.407. The van der Waals surface area contributed by atoms with Gasteiger partial charge in [0, 0.05) is 20.8 Å². The quantitative estimate of drug-likeness (QED) is 0.440. The van der Waals surface area contributed by atoms with Crippen molar-refractivity contribution in [1.29, 1.82) is 0 Å². The fourth-order valence-electron chi connectivity index (χ4n) is 0.886. The lowest BCUT2D eigenvalue weighted by atomic mass is 10.5. The highest BCUT2D eigenvalue weighted by atomic mass is 32.2. The summed E-state index contributed by atoms with van der Waals surface area (Å²) in [6, 6.07) is 0. The molecule has 0 rings (SSSR count). The summed E-state index contributed by atoms with van der Waals surface area (Å²) < 4.78 is 33.1. The van der Waals surface area contributed by atoms with Crippen molar-refractivity contribution < 1.29 is 22.7 Å². The zero-order valence-electron chi connectivity index (χ0n) is 9.23. The summed E-state index contributed by atoms with van der Waals surface area (Å²) in [5, 5.41) is 0. The second kappa shape index (κ2) is 6.76. The normalized spacial score (nSPS) is 11.7. The molecule has 0 aliphatic heterocycles. The molecular weight excluding hydrogens is 222 g/mol. The summed E-state index contributed by atoms with van der Waals surface area (Å²) in [6.45, 7) is 0.122. The van der Waals surface area contributed by atoms with E-state index in [-0.39, 0.29) is 12.3 Å². The van der Waals surface area contributed by atoms with E-state index in [1.54, 1.807) is 0 Å². The topological polar surface area (TPSA) is 72.9 Å². The van der Waals surface area contributed by atoms with E-state index in [1.165, 1.54) is 21.3 Å². The molecule has 0 saturated carbocycles.